The largest absolute Gasteiger partial charge is 0.384 e. The highest BCUT2D eigenvalue weighted by atomic mass is 79.9. The Labute approximate surface area is 109 Å². The first-order valence-corrected chi connectivity index (χ1v) is 6.23. The number of hydrogen-bond acceptors (Lipinski definition) is 2. The summed E-state index contributed by atoms with van der Waals surface area (Å²) in [7, 11) is 0. The van der Waals surface area contributed by atoms with Crippen LogP contribution in [-0.4, -0.2) is 10.1 Å². The second-order valence-electron chi connectivity index (χ2n) is 4.22. The van der Waals surface area contributed by atoms with Crippen molar-refractivity contribution in [2.24, 2.45) is 0 Å². The molecule has 1 atom stereocenters. The molecule has 0 radical (unpaired) electrons. The molecule has 0 amide bonds. The monoisotopic (exact) mass is 291 g/mol. The van der Waals surface area contributed by atoms with Crippen LogP contribution in [0.1, 0.15) is 28.4 Å². The molecule has 0 saturated heterocycles. The molecular weight excluding hydrogens is 278 g/mol. The van der Waals surface area contributed by atoms with Gasteiger partial charge in [0.2, 0.25) is 0 Å². The van der Waals surface area contributed by atoms with Crippen LogP contribution in [0, 0.1) is 13.8 Å². The van der Waals surface area contributed by atoms with E-state index in [1.807, 2.05) is 38.1 Å². The normalized spacial score (nSPS) is 12.5. The van der Waals surface area contributed by atoms with E-state index in [1.165, 1.54) is 0 Å². The van der Waals surface area contributed by atoms with Crippen LogP contribution in [0.3, 0.4) is 0 Å². The van der Waals surface area contributed by atoms with Crippen LogP contribution in [0.4, 0.5) is 0 Å². The number of pyridine rings is 1. The van der Waals surface area contributed by atoms with Crippen LogP contribution in [0.5, 0.6) is 0 Å². The smallest absolute Gasteiger partial charge is 0.107 e. The van der Waals surface area contributed by atoms with Gasteiger partial charge < -0.3 is 5.11 Å². The minimum Gasteiger partial charge on any atom is -0.384 e. The SMILES string of the molecule is Cc1cncc(C(O)c2cc(C)ccc2Br)c1. The van der Waals surface area contributed by atoms with Gasteiger partial charge in [-0.1, -0.05) is 39.7 Å². The third-order valence-corrected chi connectivity index (χ3v) is 3.38. The van der Waals surface area contributed by atoms with Gasteiger partial charge in [0.25, 0.3) is 0 Å². The summed E-state index contributed by atoms with van der Waals surface area (Å²) in [5.74, 6) is 0. The van der Waals surface area contributed by atoms with Crippen molar-refractivity contribution in [2.45, 2.75) is 20.0 Å². The Hall–Kier alpha value is -1.19. The molecule has 0 aliphatic carbocycles. The Morgan fingerprint density at radius 2 is 1.88 bits per heavy atom. The number of benzene rings is 1. The highest BCUT2D eigenvalue weighted by Crippen LogP contribution is 2.29. The zero-order valence-electron chi connectivity index (χ0n) is 9.81. The summed E-state index contributed by atoms with van der Waals surface area (Å²) in [6.45, 7) is 3.98. The fourth-order valence-corrected chi connectivity index (χ4v) is 2.24. The lowest BCUT2D eigenvalue weighted by atomic mass is 10.0. The molecule has 0 spiro atoms. The molecule has 1 aromatic carbocycles. The van der Waals surface area contributed by atoms with Gasteiger partial charge in [0.15, 0.2) is 0 Å². The number of halogens is 1. The molecule has 1 N–H and O–H groups in total. The fourth-order valence-electron chi connectivity index (χ4n) is 1.78. The highest BCUT2D eigenvalue weighted by molar-refractivity contribution is 9.10. The van der Waals surface area contributed by atoms with Gasteiger partial charge in [-0.3, -0.25) is 4.98 Å². The summed E-state index contributed by atoms with van der Waals surface area (Å²) in [6.07, 6.45) is 2.84. The van der Waals surface area contributed by atoms with Crippen molar-refractivity contribution in [3.63, 3.8) is 0 Å². The van der Waals surface area contributed by atoms with Gasteiger partial charge in [0.05, 0.1) is 0 Å². The number of hydrogen-bond donors (Lipinski definition) is 1. The second kappa shape index (κ2) is 4.98. The van der Waals surface area contributed by atoms with E-state index in [9.17, 15) is 5.11 Å². The van der Waals surface area contributed by atoms with Gasteiger partial charge in [-0.15, -0.1) is 0 Å². The number of aromatic nitrogens is 1. The number of aryl methyl sites for hydroxylation is 2. The highest BCUT2D eigenvalue weighted by Gasteiger charge is 2.14. The van der Waals surface area contributed by atoms with Crippen LogP contribution in [0.25, 0.3) is 0 Å². The maximum atomic E-state index is 10.4. The van der Waals surface area contributed by atoms with Crippen molar-refractivity contribution < 1.29 is 5.11 Å². The fraction of sp³-hybridized carbons (Fsp3) is 0.214. The summed E-state index contributed by atoms with van der Waals surface area (Å²) in [4.78, 5) is 4.11. The minimum atomic E-state index is -0.642. The third-order valence-electron chi connectivity index (χ3n) is 2.66. The van der Waals surface area contributed by atoms with Gasteiger partial charge in [-0.25, -0.2) is 0 Å². The molecule has 1 aromatic heterocycles. The van der Waals surface area contributed by atoms with Crippen molar-refractivity contribution >= 4 is 15.9 Å². The van der Waals surface area contributed by atoms with Crippen LogP contribution in [-0.2, 0) is 0 Å². The molecule has 0 saturated carbocycles. The van der Waals surface area contributed by atoms with Crippen LogP contribution in [0.15, 0.2) is 41.1 Å². The molecule has 88 valence electrons. The molecule has 1 heterocycles. The Morgan fingerprint density at radius 3 is 2.59 bits per heavy atom. The number of aliphatic hydroxyl groups excluding tert-OH is 1. The molecule has 2 nitrogen and oxygen atoms in total. The van der Waals surface area contributed by atoms with Crippen molar-refractivity contribution in [1.82, 2.24) is 4.98 Å². The average molecular weight is 292 g/mol. The lowest BCUT2D eigenvalue weighted by Crippen LogP contribution is -2.02. The Balaban J connectivity index is 2.43. The van der Waals surface area contributed by atoms with Gasteiger partial charge >= 0.3 is 0 Å². The van der Waals surface area contributed by atoms with Crippen molar-refractivity contribution in [1.29, 1.82) is 0 Å². The summed E-state index contributed by atoms with van der Waals surface area (Å²) in [5, 5.41) is 10.4. The predicted molar refractivity (Wildman–Crippen MR) is 71.9 cm³/mol. The summed E-state index contributed by atoms with van der Waals surface area (Å²) >= 11 is 3.47. The van der Waals surface area contributed by atoms with Gasteiger partial charge in [-0.2, -0.15) is 0 Å². The zero-order valence-corrected chi connectivity index (χ0v) is 11.4. The van der Waals surface area contributed by atoms with E-state index < -0.39 is 6.10 Å². The maximum Gasteiger partial charge on any atom is 0.107 e. The first kappa shape index (κ1) is 12.3. The second-order valence-corrected chi connectivity index (χ2v) is 5.08. The molecule has 1 unspecified atom stereocenters. The summed E-state index contributed by atoms with van der Waals surface area (Å²) in [6, 6.07) is 7.90. The van der Waals surface area contributed by atoms with Crippen molar-refractivity contribution in [2.75, 3.05) is 0 Å². The van der Waals surface area contributed by atoms with Gasteiger partial charge in [0, 0.05) is 22.4 Å². The van der Waals surface area contributed by atoms with Crippen molar-refractivity contribution in [3.05, 3.63) is 63.4 Å². The molecule has 2 aromatic rings. The Morgan fingerprint density at radius 1 is 1.12 bits per heavy atom. The molecule has 0 aliphatic heterocycles. The molecule has 0 aliphatic rings. The van der Waals surface area contributed by atoms with E-state index in [1.54, 1.807) is 12.4 Å². The van der Waals surface area contributed by atoms with Crippen LogP contribution >= 0.6 is 15.9 Å². The van der Waals surface area contributed by atoms with Gasteiger partial charge in [-0.05, 0) is 31.0 Å². The topological polar surface area (TPSA) is 33.1 Å². The van der Waals surface area contributed by atoms with E-state index in [0.717, 1.165) is 26.7 Å². The van der Waals surface area contributed by atoms with Crippen LogP contribution in [0.2, 0.25) is 0 Å². The predicted octanol–water partition coefficient (Wildman–Crippen LogP) is 3.54. The lowest BCUT2D eigenvalue weighted by molar-refractivity contribution is 0.219. The number of rotatable bonds is 2. The maximum absolute atomic E-state index is 10.4. The van der Waals surface area contributed by atoms with E-state index in [0.29, 0.717) is 0 Å². The molecule has 3 heteroatoms. The van der Waals surface area contributed by atoms with E-state index in [4.69, 9.17) is 0 Å². The van der Waals surface area contributed by atoms with Gasteiger partial charge in [0.1, 0.15) is 6.10 Å². The molecule has 0 bridgehead atoms. The average Bonchev–Trinajstić information content (AvgIpc) is 2.31. The van der Waals surface area contributed by atoms with Crippen LogP contribution < -0.4 is 0 Å². The first-order chi connectivity index (χ1) is 8.08. The molecular formula is C14H14BrNO. The summed E-state index contributed by atoms with van der Waals surface area (Å²) in [5.41, 5.74) is 3.86. The molecule has 0 fully saturated rings. The Kier molecular flexibility index (Phi) is 3.60. The lowest BCUT2D eigenvalue weighted by Gasteiger charge is -2.14. The molecule has 2 rings (SSSR count). The molecule has 17 heavy (non-hydrogen) atoms. The van der Waals surface area contributed by atoms with Crippen molar-refractivity contribution in [3.8, 4) is 0 Å². The first-order valence-electron chi connectivity index (χ1n) is 5.43. The quantitative estimate of drug-likeness (QED) is 0.918. The zero-order chi connectivity index (χ0) is 12.4. The Bertz CT molecular complexity index is 539. The van der Waals surface area contributed by atoms with E-state index in [2.05, 4.69) is 20.9 Å². The van der Waals surface area contributed by atoms with E-state index in [-0.39, 0.29) is 0 Å². The minimum absolute atomic E-state index is 0.642. The summed E-state index contributed by atoms with van der Waals surface area (Å²) < 4.78 is 0.914. The standard InChI is InChI=1S/C14H14BrNO/c1-9-3-4-13(15)12(6-9)14(17)11-5-10(2)7-16-8-11/h3-8,14,17H,1-2H3. The van der Waals surface area contributed by atoms with E-state index >= 15 is 0 Å². The number of aliphatic hydroxyl groups is 1. The third kappa shape index (κ3) is 2.73. The number of nitrogens with zero attached hydrogens (tertiary/aromatic N) is 1.